The Labute approximate surface area is 104 Å². The molecule has 0 radical (unpaired) electrons. The van der Waals surface area contributed by atoms with Crippen LogP contribution in [0.5, 0.6) is 0 Å². The van der Waals surface area contributed by atoms with E-state index in [0.29, 0.717) is 17.3 Å². The summed E-state index contributed by atoms with van der Waals surface area (Å²) < 4.78 is 5.68. The van der Waals surface area contributed by atoms with Gasteiger partial charge in [0.25, 0.3) is 0 Å². The predicted octanol–water partition coefficient (Wildman–Crippen LogP) is 3.40. The molecule has 2 aliphatic carbocycles. The van der Waals surface area contributed by atoms with Crippen molar-refractivity contribution in [3.63, 3.8) is 0 Å². The first-order valence-electron chi connectivity index (χ1n) is 7.25. The molecule has 0 amide bonds. The van der Waals surface area contributed by atoms with E-state index in [2.05, 4.69) is 20.8 Å². The Balaban J connectivity index is 1.79. The first kappa shape index (κ1) is 11.6. The van der Waals surface area contributed by atoms with Crippen LogP contribution in [-0.4, -0.2) is 12.1 Å². The van der Waals surface area contributed by atoms with Crippen LogP contribution in [0.15, 0.2) is 0 Å². The van der Waals surface area contributed by atoms with Crippen LogP contribution < -0.4 is 0 Å². The van der Waals surface area contributed by atoms with Gasteiger partial charge in [-0.1, -0.05) is 33.6 Å². The van der Waals surface area contributed by atoms with Gasteiger partial charge in [-0.25, -0.2) is 0 Å². The van der Waals surface area contributed by atoms with Crippen LogP contribution in [0.25, 0.3) is 0 Å². The van der Waals surface area contributed by atoms with E-state index in [1.54, 1.807) is 0 Å². The molecule has 0 N–H and O–H groups in total. The van der Waals surface area contributed by atoms with Crippen LogP contribution >= 0.6 is 0 Å². The van der Waals surface area contributed by atoms with E-state index in [0.717, 1.165) is 12.3 Å². The van der Waals surface area contributed by atoms with Gasteiger partial charge in [0.2, 0.25) is 0 Å². The number of carbonyl (C=O) groups is 1. The van der Waals surface area contributed by atoms with Crippen molar-refractivity contribution in [2.75, 3.05) is 0 Å². The van der Waals surface area contributed by atoms with Gasteiger partial charge in [-0.2, -0.15) is 0 Å². The molecule has 1 saturated heterocycles. The molecule has 3 rings (SSSR count). The molecule has 0 aromatic rings. The van der Waals surface area contributed by atoms with Crippen LogP contribution in [0.2, 0.25) is 0 Å². The van der Waals surface area contributed by atoms with Crippen molar-refractivity contribution in [1.29, 1.82) is 0 Å². The van der Waals surface area contributed by atoms with Gasteiger partial charge in [0, 0.05) is 11.8 Å². The minimum Gasteiger partial charge on any atom is -0.461 e. The van der Waals surface area contributed by atoms with Crippen LogP contribution in [0.1, 0.15) is 52.9 Å². The highest BCUT2D eigenvalue weighted by molar-refractivity contribution is 5.76. The van der Waals surface area contributed by atoms with E-state index in [9.17, 15) is 4.79 Å². The third-order valence-corrected chi connectivity index (χ3v) is 5.56. The van der Waals surface area contributed by atoms with Crippen LogP contribution in [0.4, 0.5) is 0 Å². The lowest BCUT2D eigenvalue weighted by atomic mass is 9.66. The van der Waals surface area contributed by atoms with Crippen LogP contribution in [0, 0.1) is 29.1 Å². The average molecular weight is 236 g/mol. The highest BCUT2D eigenvalue weighted by atomic mass is 16.6. The fourth-order valence-corrected chi connectivity index (χ4v) is 4.84. The molecular formula is C15H24O2. The number of unbranched alkanes of at least 4 members (excludes halogenated alkanes) is 1. The van der Waals surface area contributed by atoms with Gasteiger partial charge in [-0.3, -0.25) is 4.79 Å². The molecule has 0 aromatic carbocycles. The van der Waals surface area contributed by atoms with Gasteiger partial charge in [0.05, 0.1) is 5.92 Å². The molecule has 2 saturated carbocycles. The summed E-state index contributed by atoms with van der Waals surface area (Å²) in [6, 6.07) is 0. The van der Waals surface area contributed by atoms with Crippen molar-refractivity contribution in [3.05, 3.63) is 0 Å². The normalized spacial score (nSPS) is 43.2. The van der Waals surface area contributed by atoms with Gasteiger partial charge >= 0.3 is 5.97 Å². The largest absolute Gasteiger partial charge is 0.461 e. The van der Waals surface area contributed by atoms with Crippen LogP contribution in [0.3, 0.4) is 0 Å². The molecule has 5 unspecified atom stereocenters. The maximum Gasteiger partial charge on any atom is 0.309 e. The number of hydrogen-bond donors (Lipinski definition) is 0. The summed E-state index contributed by atoms with van der Waals surface area (Å²) in [4.78, 5) is 11.8. The third-order valence-electron chi connectivity index (χ3n) is 5.56. The molecular weight excluding hydrogens is 212 g/mol. The minimum absolute atomic E-state index is 0.108. The summed E-state index contributed by atoms with van der Waals surface area (Å²) in [6.07, 6.45) is 6.46. The number of carbonyl (C=O) groups excluding carboxylic acids is 1. The van der Waals surface area contributed by atoms with Crippen molar-refractivity contribution in [2.45, 2.75) is 59.0 Å². The molecule has 3 aliphatic rings. The minimum atomic E-state index is 0.108. The molecule has 1 aliphatic heterocycles. The summed E-state index contributed by atoms with van der Waals surface area (Å²) in [6.45, 7) is 7.02. The molecule has 5 atom stereocenters. The molecule has 2 heteroatoms. The second kappa shape index (κ2) is 3.73. The molecule has 17 heavy (non-hydrogen) atoms. The SMILES string of the molecule is CCCCC(C)(C)C1C2CC3C(=O)OC1C3C2. The van der Waals surface area contributed by atoms with E-state index in [1.807, 2.05) is 0 Å². The van der Waals surface area contributed by atoms with Crippen molar-refractivity contribution in [3.8, 4) is 0 Å². The van der Waals surface area contributed by atoms with E-state index >= 15 is 0 Å². The van der Waals surface area contributed by atoms with Crippen molar-refractivity contribution in [2.24, 2.45) is 29.1 Å². The highest BCUT2D eigenvalue weighted by Crippen LogP contribution is 2.62. The lowest BCUT2D eigenvalue weighted by molar-refractivity contribution is -0.145. The fourth-order valence-electron chi connectivity index (χ4n) is 4.84. The highest BCUT2D eigenvalue weighted by Gasteiger charge is 2.64. The second-order valence-electron chi connectivity index (χ2n) is 7.02. The summed E-state index contributed by atoms with van der Waals surface area (Å²) >= 11 is 0. The van der Waals surface area contributed by atoms with Gasteiger partial charge < -0.3 is 4.74 Å². The fraction of sp³-hybridized carbons (Fsp3) is 0.933. The topological polar surface area (TPSA) is 26.3 Å². The summed E-state index contributed by atoms with van der Waals surface area (Å²) in [5, 5.41) is 0. The van der Waals surface area contributed by atoms with Crippen molar-refractivity contribution in [1.82, 2.24) is 0 Å². The summed E-state index contributed by atoms with van der Waals surface area (Å²) in [5.74, 6) is 2.33. The maximum absolute atomic E-state index is 11.8. The lowest BCUT2D eigenvalue weighted by Gasteiger charge is -2.39. The smallest absolute Gasteiger partial charge is 0.309 e. The standard InChI is InChI=1S/C15H24O2/c1-4-5-6-15(2,3)12-9-7-10-11(8-9)14(16)17-13(10)12/h9-13H,4-8H2,1-3H3. The molecule has 1 heterocycles. The van der Waals surface area contributed by atoms with E-state index in [-0.39, 0.29) is 18.0 Å². The van der Waals surface area contributed by atoms with Crippen molar-refractivity contribution < 1.29 is 9.53 Å². The van der Waals surface area contributed by atoms with E-state index < -0.39 is 0 Å². The van der Waals surface area contributed by atoms with Crippen molar-refractivity contribution >= 4 is 5.97 Å². The Morgan fingerprint density at radius 2 is 2.12 bits per heavy atom. The first-order chi connectivity index (χ1) is 8.04. The molecule has 2 bridgehead atoms. The Bertz CT molecular complexity index is 334. The zero-order valence-corrected chi connectivity index (χ0v) is 11.2. The summed E-state index contributed by atoms with van der Waals surface area (Å²) in [5.41, 5.74) is 0.343. The molecule has 96 valence electrons. The van der Waals surface area contributed by atoms with Gasteiger partial charge in [-0.15, -0.1) is 0 Å². The number of fused-ring (bicyclic) bond motifs is 1. The van der Waals surface area contributed by atoms with Gasteiger partial charge in [-0.05, 0) is 30.6 Å². The quantitative estimate of drug-likeness (QED) is 0.699. The van der Waals surface area contributed by atoms with Gasteiger partial charge in [0.1, 0.15) is 6.10 Å². The average Bonchev–Trinajstić information content (AvgIpc) is 2.86. The second-order valence-corrected chi connectivity index (χ2v) is 7.02. The third kappa shape index (κ3) is 1.56. The number of ether oxygens (including phenoxy) is 1. The zero-order chi connectivity index (χ0) is 12.2. The number of esters is 1. The molecule has 2 nitrogen and oxygen atoms in total. The molecule has 0 aromatic heterocycles. The van der Waals surface area contributed by atoms with Crippen LogP contribution in [-0.2, 0) is 9.53 Å². The first-order valence-corrected chi connectivity index (χ1v) is 7.25. The number of rotatable bonds is 4. The Morgan fingerprint density at radius 1 is 1.35 bits per heavy atom. The zero-order valence-electron chi connectivity index (χ0n) is 11.2. The lowest BCUT2D eigenvalue weighted by Crippen LogP contribution is -2.38. The molecule has 0 spiro atoms. The monoisotopic (exact) mass is 236 g/mol. The Morgan fingerprint density at radius 3 is 2.82 bits per heavy atom. The van der Waals surface area contributed by atoms with Gasteiger partial charge in [0.15, 0.2) is 0 Å². The van der Waals surface area contributed by atoms with E-state index in [1.165, 1.54) is 25.7 Å². The number of hydrogen-bond acceptors (Lipinski definition) is 2. The molecule has 3 fully saturated rings. The Hall–Kier alpha value is -0.530. The summed E-state index contributed by atoms with van der Waals surface area (Å²) in [7, 11) is 0. The maximum atomic E-state index is 11.8. The van der Waals surface area contributed by atoms with E-state index in [4.69, 9.17) is 4.74 Å². The predicted molar refractivity (Wildman–Crippen MR) is 66.4 cm³/mol. The Kier molecular flexibility index (Phi) is 2.53.